The molecule has 0 saturated heterocycles. The number of nitrogens with zero attached hydrogens (tertiary/aromatic N) is 3. The number of aryl methyl sites for hydroxylation is 2. The Kier molecular flexibility index (Phi) is 5.21. The maximum absolute atomic E-state index is 12.5. The average Bonchev–Trinajstić information content (AvgIpc) is 2.95. The van der Waals surface area contributed by atoms with Gasteiger partial charge in [-0.2, -0.15) is 5.10 Å². The molecule has 6 nitrogen and oxygen atoms in total. The van der Waals surface area contributed by atoms with Gasteiger partial charge in [-0.3, -0.25) is 4.79 Å². The van der Waals surface area contributed by atoms with Crippen LogP contribution in [0.25, 0.3) is 11.0 Å². The lowest BCUT2D eigenvalue weighted by Crippen LogP contribution is -2.30. The topological polar surface area (TPSA) is 71.8 Å². The molecule has 3 rings (SSSR count). The van der Waals surface area contributed by atoms with Crippen molar-refractivity contribution >= 4 is 28.4 Å². The third-order valence-corrected chi connectivity index (χ3v) is 3.99. The van der Waals surface area contributed by atoms with E-state index < -0.39 is 0 Å². The molecule has 2 N–H and O–H groups in total. The summed E-state index contributed by atoms with van der Waals surface area (Å²) in [5, 5.41) is 11.5. The van der Waals surface area contributed by atoms with Crippen LogP contribution in [0.5, 0.6) is 0 Å². The molecule has 26 heavy (non-hydrogen) atoms. The number of fused-ring (bicyclic) bond motifs is 1. The molecule has 0 atom stereocenters. The predicted molar refractivity (Wildman–Crippen MR) is 105 cm³/mol. The molecule has 0 radical (unpaired) electrons. The molecule has 0 unspecified atom stereocenters. The van der Waals surface area contributed by atoms with E-state index in [0.29, 0.717) is 12.2 Å². The number of aromatic nitrogens is 3. The van der Waals surface area contributed by atoms with E-state index in [-0.39, 0.29) is 11.9 Å². The van der Waals surface area contributed by atoms with Gasteiger partial charge in [0.2, 0.25) is 0 Å². The van der Waals surface area contributed by atoms with E-state index >= 15 is 0 Å². The second-order valence-electron chi connectivity index (χ2n) is 6.76. The molecule has 1 amide bonds. The van der Waals surface area contributed by atoms with Crippen molar-refractivity contribution < 1.29 is 4.79 Å². The molecule has 0 aliphatic carbocycles. The lowest BCUT2D eigenvalue weighted by atomic mass is 10.2. The Morgan fingerprint density at radius 2 is 1.88 bits per heavy atom. The Labute approximate surface area is 153 Å². The summed E-state index contributed by atoms with van der Waals surface area (Å²) in [5.41, 5.74) is 3.33. The number of rotatable bonds is 6. The van der Waals surface area contributed by atoms with Crippen LogP contribution in [0.2, 0.25) is 0 Å². The number of nitrogens with one attached hydrogen (secondary N) is 2. The van der Waals surface area contributed by atoms with Gasteiger partial charge in [0.1, 0.15) is 5.82 Å². The van der Waals surface area contributed by atoms with Crippen molar-refractivity contribution in [2.24, 2.45) is 0 Å². The zero-order chi connectivity index (χ0) is 18.7. The second kappa shape index (κ2) is 7.56. The SMILES string of the molecule is CCCn1nc(C(=O)NC(C)C)c2ccc(Nc3ccc(C)cc3)nc21. The van der Waals surface area contributed by atoms with Crippen LogP contribution in [-0.2, 0) is 6.54 Å². The number of pyridine rings is 1. The van der Waals surface area contributed by atoms with Gasteiger partial charge in [-0.1, -0.05) is 24.6 Å². The van der Waals surface area contributed by atoms with Gasteiger partial charge in [-0.15, -0.1) is 0 Å². The Balaban J connectivity index is 1.98. The van der Waals surface area contributed by atoms with Crippen LogP contribution in [0.1, 0.15) is 43.2 Å². The van der Waals surface area contributed by atoms with E-state index in [0.717, 1.165) is 29.0 Å². The molecule has 2 heterocycles. The molecule has 0 spiro atoms. The fourth-order valence-electron chi connectivity index (χ4n) is 2.77. The molecule has 0 saturated carbocycles. The van der Waals surface area contributed by atoms with Gasteiger partial charge in [0.15, 0.2) is 11.3 Å². The minimum Gasteiger partial charge on any atom is -0.348 e. The molecule has 0 fully saturated rings. The third-order valence-electron chi connectivity index (χ3n) is 3.99. The molecule has 6 heteroatoms. The molecule has 1 aromatic carbocycles. The summed E-state index contributed by atoms with van der Waals surface area (Å²) in [6.45, 7) is 8.72. The van der Waals surface area contributed by atoms with E-state index in [1.165, 1.54) is 5.56 Å². The van der Waals surface area contributed by atoms with E-state index in [1.54, 1.807) is 0 Å². The number of amides is 1. The maximum Gasteiger partial charge on any atom is 0.272 e. The lowest BCUT2D eigenvalue weighted by Gasteiger charge is -2.07. The monoisotopic (exact) mass is 351 g/mol. The van der Waals surface area contributed by atoms with E-state index in [4.69, 9.17) is 4.98 Å². The highest BCUT2D eigenvalue weighted by Gasteiger charge is 2.19. The highest BCUT2D eigenvalue weighted by Crippen LogP contribution is 2.22. The smallest absolute Gasteiger partial charge is 0.272 e. The molecule has 0 aliphatic heterocycles. The van der Waals surface area contributed by atoms with Crippen molar-refractivity contribution in [3.05, 3.63) is 47.7 Å². The first-order valence-corrected chi connectivity index (χ1v) is 9.00. The molecular formula is C20H25N5O. The van der Waals surface area contributed by atoms with Gasteiger partial charge in [-0.05, 0) is 51.5 Å². The summed E-state index contributed by atoms with van der Waals surface area (Å²) in [5.74, 6) is 0.565. The maximum atomic E-state index is 12.5. The second-order valence-corrected chi connectivity index (χ2v) is 6.76. The van der Waals surface area contributed by atoms with Gasteiger partial charge in [0.05, 0.1) is 5.39 Å². The van der Waals surface area contributed by atoms with Gasteiger partial charge >= 0.3 is 0 Å². The van der Waals surface area contributed by atoms with Crippen molar-refractivity contribution in [1.29, 1.82) is 0 Å². The normalized spacial score (nSPS) is 11.1. The van der Waals surface area contributed by atoms with Crippen LogP contribution in [0, 0.1) is 6.92 Å². The highest BCUT2D eigenvalue weighted by atomic mass is 16.2. The number of hydrogen-bond donors (Lipinski definition) is 2. The minimum absolute atomic E-state index is 0.0595. The number of hydrogen-bond acceptors (Lipinski definition) is 4. The quantitative estimate of drug-likeness (QED) is 0.703. The van der Waals surface area contributed by atoms with Crippen LogP contribution in [-0.4, -0.2) is 26.7 Å². The van der Waals surface area contributed by atoms with E-state index in [9.17, 15) is 4.79 Å². The van der Waals surface area contributed by atoms with Crippen molar-refractivity contribution in [1.82, 2.24) is 20.1 Å². The summed E-state index contributed by atoms with van der Waals surface area (Å²) in [6, 6.07) is 12.0. The van der Waals surface area contributed by atoms with Crippen molar-refractivity contribution in [2.45, 2.75) is 46.7 Å². The zero-order valence-corrected chi connectivity index (χ0v) is 15.7. The minimum atomic E-state index is -0.166. The number of carbonyl (C=O) groups excluding carboxylic acids is 1. The summed E-state index contributed by atoms with van der Waals surface area (Å²) < 4.78 is 1.81. The first-order chi connectivity index (χ1) is 12.5. The summed E-state index contributed by atoms with van der Waals surface area (Å²) in [7, 11) is 0. The van der Waals surface area contributed by atoms with Crippen molar-refractivity contribution in [3.63, 3.8) is 0 Å². The number of benzene rings is 1. The molecule has 136 valence electrons. The number of anilines is 2. The fourth-order valence-corrected chi connectivity index (χ4v) is 2.77. The average molecular weight is 351 g/mol. The Hall–Kier alpha value is -2.89. The summed E-state index contributed by atoms with van der Waals surface area (Å²) in [6.07, 6.45) is 0.916. The number of carbonyl (C=O) groups is 1. The van der Waals surface area contributed by atoms with Crippen LogP contribution in [0.3, 0.4) is 0 Å². The van der Waals surface area contributed by atoms with Crippen molar-refractivity contribution in [2.75, 3.05) is 5.32 Å². The standard InChI is InChI=1S/C20H25N5O/c1-5-12-25-19-16(18(24-25)20(26)21-13(2)3)10-11-17(23-19)22-15-8-6-14(4)7-9-15/h6-11,13H,5,12H2,1-4H3,(H,21,26)(H,22,23). The van der Waals surface area contributed by atoms with Gasteiger partial charge in [0.25, 0.3) is 5.91 Å². The lowest BCUT2D eigenvalue weighted by molar-refractivity contribution is 0.0938. The van der Waals surface area contributed by atoms with Crippen LogP contribution < -0.4 is 10.6 Å². The molecular weight excluding hydrogens is 326 g/mol. The van der Waals surface area contributed by atoms with Crippen molar-refractivity contribution in [3.8, 4) is 0 Å². The first kappa shape index (κ1) is 17.9. The van der Waals surface area contributed by atoms with Gasteiger partial charge < -0.3 is 10.6 Å². The Morgan fingerprint density at radius 1 is 1.15 bits per heavy atom. The Morgan fingerprint density at radius 3 is 2.54 bits per heavy atom. The third kappa shape index (κ3) is 3.85. The van der Waals surface area contributed by atoms with E-state index in [2.05, 4.69) is 41.7 Å². The summed E-state index contributed by atoms with van der Waals surface area (Å²) in [4.78, 5) is 17.2. The zero-order valence-electron chi connectivity index (χ0n) is 15.7. The molecule has 3 aromatic rings. The highest BCUT2D eigenvalue weighted by molar-refractivity contribution is 6.04. The van der Waals surface area contributed by atoms with Gasteiger partial charge in [0, 0.05) is 18.3 Å². The van der Waals surface area contributed by atoms with Gasteiger partial charge in [-0.25, -0.2) is 9.67 Å². The summed E-state index contributed by atoms with van der Waals surface area (Å²) >= 11 is 0. The van der Waals surface area contributed by atoms with Crippen LogP contribution in [0.15, 0.2) is 36.4 Å². The molecule has 0 bridgehead atoms. The fraction of sp³-hybridized carbons (Fsp3) is 0.350. The molecule has 0 aliphatic rings. The Bertz CT molecular complexity index is 912. The largest absolute Gasteiger partial charge is 0.348 e. The van der Waals surface area contributed by atoms with Crippen LogP contribution in [0.4, 0.5) is 11.5 Å². The van der Waals surface area contributed by atoms with E-state index in [1.807, 2.05) is 42.8 Å². The molecule has 2 aromatic heterocycles. The predicted octanol–water partition coefficient (Wildman–Crippen LogP) is 4.03. The van der Waals surface area contributed by atoms with Crippen LogP contribution >= 0.6 is 0 Å². The first-order valence-electron chi connectivity index (χ1n) is 9.00.